The summed E-state index contributed by atoms with van der Waals surface area (Å²) in [5.74, 6) is 0. The maximum Gasteiger partial charge on any atom is 0.0366 e. The highest BCUT2D eigenvalue weighted by Crippen LogP contribution is 2.22. The molecule has 98 valence electrons. The summed E-state index contributed by atoms with van der Waals surface area (Å²) in [7, 11) is 0. The van der Waals surface area contributed by atoms with Gasteiger partial charge in [-0.3, -0.25) is 4.90 Å². The predicted octanol–water partition coefficient (Wildman–Crippen LogP) is 1.56. The predicted molar refractivity (Wildman–Crippen MR) is 76.1 cm³/mol. The number of piperidine rings is 1. The molecule has 1 aromatic carbocycles. The number of anilines is 1. The normalized spacial score (nSPS) is 23.2. The first-order valence-corrected chi connectivity index (χ1v) is 7.18. The van der Waals surface area contributed by atoms with Gasteiger partial charge in [-0.2, -0.15) is 0 Å². The van der Waals surface area contributed by atoms with Crippen LogP contribution in [0.5, 0.6) is 0 Å². The Kier molecular flexibility index (Phi) is 3.81. The third-order valence-corrected chi connectivity index (χ3v) is 4.25. The van der Waals surface area contributed by atoms with Crippen LogP contribution in [0.2, 0.25) is 0 Å². The molecule has 3 rings (SSSR count). The molecule has 0 aliphatic carbocycles. The second-order valence-electron chi connectivity index (χ2n) is 5.34. The van der Waals surface area contributed by atoms with Crippen molar-refractivity contribution in [1.29, 1.82) is 0 Å². The fraction of sp³-hybridized carbons (Fsp3) is 0.600. The molecule has 2 heterocycles. The molecule has 3 nitrogen and oxygen atoms in total. The monoisotopic (exact) mass is 245 g/mol. The van der Waals surface area contributed by atoms with E-state index in [4.69, 9.17) is 0 Å². The van der Waals surface area contributed by atoms with Crippen molar-refractivity contribution in [3.8, 4) is 0 Å². The molecule has 0 aromatic heterocycles. The first-order chi connectivity index (χ1) is 8.93. The van der Waals surface area contributed by atoms with Crippen LogP contribution >= 0.6 is 0 Å². The van der Waals surface area contributed by atoms with E-state index in [1.807, 2.05) is 0 Å². The molecule has 0 amide bonds. The van der Waals surface area contributed by atoms with Crippen LogP contribution in [0.3, 0.4) is 0 Å². The summed E-state index contributed by atoms with van der Waals surface area (Å²) in [6.07, 6.45) is 2.63. The molecule has 0 atom stereocenters. The average Bonchev–Trinajstić information content (AvgIpc) is 2.49. The van der Waals surface area contributed by atoms with Crippen LogP contribution in [0.25, 0.3) is 0 Å². The molecule has 2 aliphatic rings. The van der Waals surface area contributed by atoms with Gasteiger partial charge in [-0.15, -0.1) is 0 Å². The van der Waals surface area contributed by atoms with Gasteiger partial charge in [0.05, 0.1) is 0 Å². The maximum absolute atomic E-state index is 3.44. The summed E-state index contributed by atoms with van der Waals surface area (Å²) in [6, 6.07) is 11.6. The van der Waals surface area contributed by atoms with Crippen molar-refractivity contribution >= 4 is 5.69 Å². The maximum atomic E-state index is 3.44. The lowest BCUT2D eigenvalue weighted by atomic mass is 10.0. The van der Waals surface area contributed by atoms with E-state index in [9.17, 15) is 0 Å². The van der Waals surface area contributed by atoms with Gasteiger partial charge in [-0.05, 0) is 25.0 Å². The molecule has 0 spiro atoms. The highest BCUT2D eigenvalue weighted by atomic mass is 15.2. The van der Waals surface area contributed by atoms with Crippen molar-refractivity contribution in [2.24, 2.45) is 0 Å². The molecule has 0 unspecified atom stereocenters. The summed E-state index contributed by atoms with van der Waals surface area (Å²) in [4.78, 5) is 5.21. The molecule has 18 heavy (non-hydrogen) atoms. The minimum atomic E-state index is 0.812. The molecule has 0 bridgehead atoms. The molecule has 2 saturated heterocycles. The second kappa shape index (κ2) is 5.72. The Labute approximate surface area is 110 Å². The van der Waals surface area contributed by atoms with Crippen LogP contribution in [0.1, 0.15) is 12.8 Å². The molecule has 0 radical (unpaired) electrons. The van der Waals surface area contributed by atoms with E-state index < -0.39 is 0 Å². The minimum absolute atomic E-state index is 0.812. The molecule has 3 heteroatoms. The number of benzene rings is 1. The van der Waals surface area contributed by atoms with Crippen molar-refractivity contribution in [3.63, 3.8) is 0 Å². The van der Waals surface area contributed by atoms with E-state index in [-0.39, 0.29) is 0 Å². The summed E-state index contributed by atoms with van der Waals surface area (Å²) in [5.41, 5.74) is 1.39. The zero-order chi connectivity index (χ0) is 12.2. The van der Waals surface area contributed by atoms with E-state index >= 15 is 0 Å². The van der Waals surface area contributed by atoms with Crippen molar-refractivity contribution < 1.29 is 0 Å². The van der Waals surface area contributed by atoms with Crippen molar-refractivity contribution in [3.05, 3.63) is 30.3 Å². The van der Waals surface area contributed by atoms with Crippen LogP contribution in [-0.4, -0.2) is 50.2 Å². The van der Waals surface area contributed by atoms with Crippen LogP contribution < -0.4 is 10.2 Å². The lowest BCUT2D eigenvalue weighted by Gasteiger charge is -2.41. The number of hydrogen-bond donors (Lipinski definition) is 1. The fourth-order valence-electron chi connectivity index (χ4n) is 3.18. The Morgan fingerprint density at radius 3 is 2.22 bits per heavy atom. The third-order valence-electron chi connectivity index (χ3n) is 4.25. The van der Waals surface area contributed by atoms with Gasteiger partial charge >= 0.3 is 0 Å². The smallest absolute Gasteiger partial charge is 0.0366 e. The van der Waals surface area contributed by atoms with Crippen LogP contribution in [0.4, 0.5) is 5.69 Å². The van der Waals surface area contributed by atoms with E-state index in [0.717, 1.165) is 6.04 Å². The Morgan fingerprint density at radius 1 is 0.889 bits per heavy atom. The van der Waals surface area contributed by atoms with Gasteiger partial charge in [-0.1, -0.05) is 18.2 Å². The van der Waals surface area contributed by atoms with Crippen molar-refractivity contribution in [2.75, 3.05) is 44.2 Å². The number of piperazine rings is 1. The Morgan fingerprint density at radius 2 is 1.56 bits per heavy atom. The molecule has 2 aliphatic heterocycles. The minimum Gasteiger partial charge on any atom is -0.371 e. The lowest BCUT2D eigenvalue weighted by molar-refractivity contribution is 0.150. The van der Waals surface area contributed by atoms with Crippen molar-refractivity contribution in [1.82, 2.24) is 10.2 Å². The second-order valence-corrected chi connectivity index (χ2v) is 5.34. The highest BCUT2D eigenvalue weighted by molar-refractivity contribution is 5.46. The van der Waals surface area contributed by atoms with Crippen molar-refractivity contribution in [2.45, 2.75) is 18.9 Å². The molecular formula is C15H23N3. The lowest BCUT2D eigenvalue weighted by Crippen LogP contribution is -2.52. The Hall–Kier alpha value is -1.06. The van der Waals surface area contributed by atoms with Crippen LogP contribution in [-0.2, 0) is 0 Å². The zero-order valence-corrected chi connectivity index (χ0v) is 11.0. The number of nitrogens with one attached hydrogen (secondary N) is 1. The summed E-state index contributed by atoms with van der Waals surface area (Å²) in [5, 5.41) is 3.44. The molecule has 1 aromatic rings. The summed E-state index contributed by atoms with van der Waals surface area (Å²) < 4.78 is 0. The van der Waals surface area contributed by atoms with Gasteiger partial charge < -0.3 is 10.2 Å². The van der Waals surface area contributed by atoms with E-state index in [1.54, 1.807) is 0 Å². The van der Waals surface area contributed by atoms with Gasteiger partial charge in [0.1, 0.15) is 0 Å². The fourth-order valence-corrected chi connectivity index (χ4v) is 3.18. The molecular weight excluding hydrogens is 222 g/mol. The Balaban J connectivity index is 1.54. The van der Waals surface area contributed by atoms with Crippen LogP contribution in [0, 0.1) is 0 Å². The number of rotatable bonds is 2. The van der Waals surface area contributed by atoms with E-state index in [1.165, 1.54) is 57.8 Å². The zero-order valence-electron chi connectivity index (χ0n) is 11.0. The average molecular weight is 245 g/mol. The standard InChI is InChI=1S/C15H23N3/c1-2-4-14(5-3-1)17-10-6-15(7-11-17)18-12-8-16-9-13-18/h1-5,15-16H,6-13H2. The van der Waals surface area contributed by atoms with Gasteiger partial charge in [0, 0.05) is 51.0 Å². The first-order valence-electron chi connectivity index (χ1n) is 7.18. The summed E-state index contributed by atoms with van der Waals surface area (Å²) >= 11 is 0. The number of hydrogen-bond acceptors (Lipinski definition) is 3. The van der Waals surface area contributed by atoms with Gasteiger partial charge in [0.2, 0.25) is 0 Å². The first kappa shape index (κ1) is 12.0. The number of nitrogens with zero attached hydrogens (tertiary/aromatic N) is 2. The SMILES string of the molecule is c1ccc(N2CCC(N3CCNCC3)CC2)cc1. The third kappa shape index (κ3) is 2.68. The summed E-state index contributed by atoms with van der Waals surface area (Å²) in [6.45, 7) is 7.21. The van der Waals surface area contributed by atoms with E-state index in [2.05, 4.69) is 45.4 Å². The van der Waals surface area contributed by atoms with Gasteiger partial charge in [0.25, 0.3) is 0 Å². The molecule has 0 saturated carbocycles. The largest absolute Gasteiger partial charge is 0.371 e. The Bertz CT molecular complexity index is 351. The molecule has 2 fully saturated rings. The quantitative estimate of drug-likeness (QED) is 0.853. The van der Waals surface area contributed by atoms with Gasteiger partial charge in [-0.25, -0.2) is 0 Å². The van der Waals surface area contributed by atoms with Crippen LogP contribution in [0.15, 0.2) is 30.3 Å². The molecule has 1 N–H and O–H groups in total. The van der Waals surface area contributed by atoms with E-state index in [0.29, 0.717) is 0 Å². The topological polar surface area (TPSA) is 18.5 Å². The highest BCUT2D eigenvalue weighted by Gasteiger charge is 2.25. The van der Waals surface area contributed by atoms with Gasteiger partial charge in [0.15, 0.2) is 0 Å². The number of para-hydroxylation sites is 1.